The molecule has 1 aromatic carbocycles. The highest BCUT2D eigenvalue weighted by molar-refractivity contribution is 7.90. The smallest absolute Gasteiger partial charge is 0.249 e. The summed E-state index contributed by atoms with van der Waals surface area (Å²) in [6.07, 6.45) is 9.56. The Morgan fingerprint density at radius 1 is 1.13 bits per heavy atom. The Hall–Kier alpha value is -3.09. The van der Waals surface area contributed by atoms with Gasteiger partial charge in [0.1, 0.15) is 22.2 Å². The number of piperidine rings is 1. The maximum Gasteiger partial charge on any atom is 0.249 e. The Morgan fingerprint density at radius 3 is 2.68 bits per heavy atom. The molecule has 1 unspecified atom stereocenters. The molecule has 5 heterocycles. The van der Waals surface area contributed by atoms with Gasteiger partial charge in [0.2, 0.25) is 20.9 Å². The molecule has 10 nitrogen and oxygen atoms in total. The molecule has 38 heavy (non-hydrogen) atoms. The molecule has 2 aliphatic rings. The summed E-state index contributed by atoms with van der Waals surface area (Å²) in [4.78, 5) is 15.1. The molecular formula is C25H26ClFN6O4S. The molecule has 4 aromatic rings. The van der Waals surface area contributed by atoms with Gasteiger partial charge in [-0.3, -0.25) is 0 Å². The summed E-state index contributed by atoms with van der Waals surface area (Å²) >= 11 is 6.39. The van der Waals surface area contributed by atoms with Crippen LogP contribution >= 0.6 is 11.6 Å². The summed E-state index contributed by atoms with van der Waals surface area (Å²) < 4.78 is 53.7. The largest absolute Gasteiger partial charge is 0.434 e. The van der Waals surface area contributed by atoms with Crippen molar-refractivity contribution in [2.75, 3.05) is 30.9 Å². The highest BCUT2D eigenvalue weighted by Gasteiger charge is 2.26. The molecule has 6 rings (SSSR count). The fraction of sp³-hybridized carbons (Fsp3) is 0.440. The van der Waals surface area contributed by atoms with E-state index in [9.17, 15) is 8.42 Å². The molecule has 2 aliphatic heterocycles. The third-order valence-corrected chi connectivity index (χ3v) is 8.10. The minimum atomic E-state index is -3.75. The molecule has 3 aromatic heterocycles. The Morgan fingerprint density at radius 2 is 1.95 bits per heavy atom. The Bertz CT molecular complexity index is 1630. The van der Waals surface area contributed by atoms with Gasteiger partial charge in [-0.1, -0.05) is 11.6 Å². The number of halogens is 2. The molecule has 200 valence electrons. The highest BCUT2D eigenvalue weighted by Crippen LogP contribution is 2.41. The van der Waals surface area contributed by atoms with E-state index in [0.717, 1.165) is 57.9 Å². The van der Waals surface area contributed by atoms with Crippen LogP contribution in [0.15, 0.2) is 29.7 Å². The lowest BCUT2D eigenvalue weighted by atomic mass is 10.1. The van der Waals surface area contributed by atoms with Crippen LogP contribution in [-0.2, 0) is 14.6 Å². The van der Waals surface area contributed by atoms with Crippen molar-refractivity contribution in [3.05, 3.63) is 35.4 Å². The molecule has 0 saturated carbocycles. The number of anilines is 1. The van der Waals surface area contributed by atoms with Gasteiger partial charge < -0.3 is 14.4 Å². The second kappa shape index (κ2) is 9.90. The lowest BCUT2D eigenvalue weighted by Crippen LogP contribution is -2.31. The van der Waals surface area contributed by atoms with E-state index in [-0.39, 0.29) is 33.6 Å². The summed E-state index contributed by atoms with van der Waals surface area (Å²) in [5.41, 5.74) is 0.662. The van der Waals surface area contributed by atoms with E-state index in [1.165, 1.54) is 12.3 Å². The van der Waals surface area contributed by atoms with E-state index < -0.39 is 15.7 Å². The van der Waals surface area contributed by atoms with Crippen LogP contribution in [0.25, 0.3) is 21.8 Å². The van der Waals surface area contributed by atoms with Gasteiger partial charge in [-0.25, -0.2) is 32.4 Å². The first-order valence-electron chi connectivity index (χ1n) is 12.6. The predicted molar refractivity (Wildman–Crippen MR) is 140 cm³/mol. The summed E-state index contributed by atoms with van der Waals surface area (Å²) in [5.74, 6) is -0.182. The second-order valence-corrected chi connectivity index (χ2v) is 11.9. The van der Waals surface area contributed by atoms with Crippen LogP contribution in [0.3, 0.4) is 0 Å². The third kappa shape index (κ3) is 4.54. The number of hydrogen-bond donors (Lipinski definition) is 0. The van der Waals surface area contributed by atoms with E-state index in [0.29, 0.717) is 28.7 Å². The van der Waals surface area contributed by atoms with Gasteiger partial charge in [0.15, 0.2) is 12.0 Å². The van der Waals surface area contributed by atoms with Crippen LogP contribution in [0.5, 0.6) is 11.6 Å². The van der Waals surface area contributed by atoms with E-state index in [1.807, 2.05) is 4.90 Å². The maximum atomic E-state index is 15.1. The first-order valence-corrected chi connectivity index (χ1v) is 14.8. The molecule has 1 atom stereocenters. The highest BCUT2D eigenvalue weighted by atomic mass is 35.5. The number of aromatic nitrogens is 5. The monoisotopic (exact) mass is 560 g/mol. The summed E-state index contributed by atoms with van der Waals surface area (Å²) in [6, 6.07) is 3.03. The van der Waals surface area contributed by atoms with Crippen LogP contribution in [0.1, 0.15) is 44.8 Å². The van der Waals surface area contributed by atoms with Gasteiger partial charge in [0.25, 0.3) is 0 Å². The number of sulfone groups is 1. The lowest BCUT2D eigenvalue weighted by Gasteiger charge is -2.28. The van der Waals surface area contributed by atoms with Crippen LogP contribution in [-0.4, -0.2) is 59.1 Å². The number of hydrogen-bond acceptors (Lipinski definition) is 9. The molecule has 0 spiro atoms. The number of rotatable bonds is 5. The van der Waals surface area contributed by atoms with Crippen molar-refractivity contribution >= 4 is 49.1 Å². The van der Waals surface area contributed by atoms with Crippen molar-refractivity contribution in [3.8, 4) is 11.6 Å². The van der Waals surface area contributed by atoms with Gasteiger partial charge in [-0.2, -0.15) is 5.10 Å². The van der Waals surface area contributed by atoms with E-state index in [4.69, 9.17) is 21.1 Å². The van der Waals surface area contributed by atoms with Crippen molar-refractivity contribution < 1.29 is 22.3 Å². The van der Waals surface area contributed by atoms with Crippen molar-refractivity contribution in [1.29, 1.82) is 0 Å². The molecule has 0 amide bonds. The maximum absolute atomic E-state index is 15.1. The lowest BCUT2D eigenvalue weighted by molar-refractivity contribution is -0.0366. The molecule has 0 N–H and O–H groups in total. The Kier molecular flexibility index (Phi) is 6.57. The van der Waals surface area contributed by atoms with Crippen LogP contribution in [0, 0.1) is 5.82 Å². The zero-order chi connectivity index (χ0) is 26.4. The second-order valence-electron chi connectivity index (χ2n) is 9.61. The topological polar surface area (TPSA) is 112 Å². The molecule has 2 saturated heterocycles. The van der Waals surface area contributed by atoms with Crippen LogP contribution < -0.4 is 9.64 Å². The fourth-order valence-electron chi connectivity index (χ4n) is 5.03. The number of ether oxygens (including phenoxy) is 2. The minimum Gasteiger partial charge on any atom is -0.434 e. The van der Waals surface area contributed by atoms with Crippen LogP contribution in [0.4, 0.5) is 10.2 Å². The Balaban J connectivity index is 1.50. The van der Waals surface area contributed by atoms with Gasteiger partial charge in [-0.15, -0.1) is 0 Å². The fourth-order valence-corrected chi connectivity index (χ4v) is 5.73. The molecule has 13 heteroatoms. The number of pyridine rings is 1. The van der Waals surface area contributed by atoms with Gasteiger partial charge >= 0.3 is 0 Å². The zero-order valence-electron chi connectivity index (χ0n) is 20.7. The number of benzene rings is 1. The number of nitrogens with zero attached hydrogens (tertiary/aromatic N) is 6. The van der Waals surface area contributed by atoms with Crippen molar-refractivity contribution in [1.82, 2.24) is 24.7 Å². The summed E-state index contributed by atoms with van der Waals surface area (Å²) in [5, 5.41) is 4.92. The van der Waals surface area contributed by atoms with Gasteiger partial charge in [0.05, 0.1) is 22.5 Å². The number of fused-ring (bicyclic) bond motifs is 2. The van der Waals surface area contributed by atoms with Crippen LogP contribution in [0.2, 0.25) is 5.02 Å². The SMILES string of the molecule is CS(=O)(=O)c1nc(N2CCCCC2)c2ccnc(Oc3c(Cl)c(F)cc4c3cnn4C3CCCCO3)c2n1. The first-order chi connectivity index (χ1) is 18.3. The van der Waals surface area contributed by atoms with Crippen molar-refractivity contribution in [3.63, 3.8) is 0 Å². The van der Waals surface area contributed by atoms with Crippen molar-refractivity contribution in [2.45, 2.75) is 49.9 Å². The summed E-state index contributed by atoms with van der Waals surface area (Å²) in [6.45, 7) is 2.09. The predicted octanol–water partition coefficient (Wildman–Crippen LogP) is 5.05. The average Bonchev–Trinajstić information content (AvgIpc) is 3.34. The van der Waals surface area contributed by atoms with Gasteiger partial charge in [0, 0.05) is 38.2 Å². The normalized spacial score (nSPS) is 18.8. The average molecular weight is 561 g/mol. The van der Waals surface area contributed by atoms with Crippen molar-refractivity contribution in [2.24, 2.45) is 0 Å². The first kappa shape index (κ1) is 25.2. The third-order valence-electron chi connectivity index (χ3n) is 6.91. The quantitative estimate of drug-likeness (QED) is 0.309. The molecular weight excluding hydrogens is 535 g/mol. The molecule has 2 fully saturated rings. The van der Waals surface area contributed by atoms with E-state index >= 15 is 4.39 Å². The van der Waals surface area contributed by atoms with E-state index in [2.05, 4.69) is 20.1 Å². The Labute approximate surface area is 223 Å². The molecule has 0 bridgehead atoms. The molecule has 0 radical (unpaired) electrons. The molecule has 0 aliphatic carbocycles. The minimum absolute atomic E-state index is 0.0106. The standard InChI is InChI=1S/C25H26ClFN6O4S/c1-38(34,35)25-30-21-15(23(31-25)32-10-4-2-5-11-32)8-9-28-24(21)37-22-16-14-29-33(19-7-3-6-12-36-19)18(16)13-17(27)20(22)26/h8-9,13-14,19H,2-7,10-12H2,1H3. The van der Waals surface area contributed by atoms with Gasteiger partial charge in [-0.05, 0) is 44.6 Å². The van der Waals surface area contributed by atoms with E-state index in [1.54, 1.807) is 16.9 Å². The summed E-state index contributed by atoms with van der Waals surface area (Å²) in [7, 11) is -3.75. The zero-order valence-corrected chi connectivity index (χ0v) is 22.3.